The van der Waals surface area contributed by atoms with E-state index in [4.69, 9.17) is 4.74 Å². The molecule has 0 bridgehead atoms. The van der Waals surface area contributed by atoms with E-state index in [1.807, 2.05) is 18.2 Å². The van der Waals surface area contributed by atoms with Gasteiger partial charge in [0.15, 0.2) is 0 Å². The molecule has 0 saturated carbocycles. The predicted octanol–water partition coefficient (Wildman–Crippen LogP) is 3.35. The Hall–Kier alpha value is -1.90. The van der Waals surface area contributed by atoms with Gasteiger partial charge in [-0.05, 0) is 29.7 Å². The zero-order chi connectivity index (χ0) is 15.6. The zero-order valence-corrected chi connectivity index (χ0v) is 13.4. The van der Waals surface area contributed by atoms with Gasteiger partial charge in [-0.25, -0.2) is 4.79 Å². The molecule has 0 radical (unpaired) electrons. The fraction of sp³-hybridized carbons (Fsp3) is 0.333. The van der Waals surface area contributed by atoms with E-state index in [9.17, 15) is 4.79 Å². The van der Waals surface area contributed by atoms with Gasteiger partial charge < -0.3 is 10.1 Å². The summed E-state index contributed by atoms with van der Waals surface area (Å²) in [7, 11) is 0. The summed E-state index contributed by atoms with van der Waals surface area (Å²) in [6.07, 6.45) is 5.76. The van der Waals surface area contributed by atoms with Crippen LogP contribution in [0.25, 0.3) is 0 Å². The average molecular weight is 313 g/mol. The highest BCUT2D eigenvalue weighted by Gasteiger charge is 2.44. The Balaban J connectivity index is 1.85. The highest BCUT2D eigenvalue weighted by Crippen LogP contribution is 2.51. The molecule has 1 aromatic carbocycles. The quantitative estimate of drug-likeness (QED) is 0.661. The van der Waals surface area contributed by atoms with Gasteiger partial charge in [-0.2, -0.15) is 12.6 Å². The molecular weight excluding hydrogens is 294 g/mol. The van der Waals surface area contributed by atoms with Crippen molar-refractivity contribution in [3.05, 3.63) is 64.9 Å². The Morgan fingerprint density at radius 1 is 1.45 bits per heavy atom. The number of hydrogen-bond donors (Lipinski definition) is 2. The molecule has 1 N–H and O–H groups in total. The van der Waals surface area contributed by atoms with E-state index in [0.29, 0.717) is 18.9 Å². The van der Waals surface area contributed by atoms with Crippen LogP contribution in [0.5, 0.6) is 0 Å². The van der Waals surface area contributed by atoms with Crippen LogP contribution in [0.3, 0.4) is 0 Å². The number of carbonyl (C=O) groups excluding carboxylic acids is 1. The van der Waals surface area contributed by atoms with Gasteiger partial charge in [-0.3, -0.25) is 0 Å². The van der Waals surface area contributed by atoms with E-state index < -0.39 is 6.09 Å². The van der Waals surface area contributed by atoms with Crippen LogP contribution >= 0.6 is 12.6 Å². The molecule has 0 aliphatic heterocycles. The third-order valence-electron chi connectivity index (χ3n) is 4.33. The molecule has 2 aliphatic carbocycles. The lowest BCUT2D eigenvalue weighted by molar-refractivity contribution is 0.143. The summed E-state index contributed by atoms with van der Waals surface area (Å²) < 4.78 is 5.40. The number of nitrogens with one attached hydrogen (secondary N) is 1. The van der Waals surface area contributed by atoms with Crippen molar-refractivity contribution in [2.24, 2.45) is 0 Å². The first-order valence-electron chi connectivity index (χ1n) is 7.42. The molecule has 3 nitrogen and oxygen atoms in total. The molecule has 0 heterocycles. The van der Waals surface area contributed by atoms with E-state index >= 15 is 0 Å². The van der Waals surface area contributed by atoms with E-state index in [1.165, 1.54) is 11.1 Å². The summed E-state index contributed by atoms with van der Waals surface area (Å²) >= 11 is 4.06. The van der Waals surface area contributed by atoms with Gasteiger partial charge in [0.05, 0.1) is 0 Å². The minimum Gasteiger partial charge on any atom is -0.449 e. The van der Waals surface area contributed by atoms with E-state index in [0.717, 1.165) is 5.57 Å². The molecule has 1 aromatic rings. The fourth-order valence-corrected chi connectivity index (χ4v) is 3.40. The van der Waals surface area contributed by atoms with Crippen molar-refractivity contribution in [1.29, 1.82) is 0 Å². The number of benzene rings is 1. The minimum atomic E-state index is -0.393. The van der Waals surface area contributed by atoms with Crippen LogP contribution in [-0.2, 0) is 10.2 Å². The first-order chi connectivity index (χ1) is 10.7. The molecule has 22 heavy (non-hydrogen) atoms. The monoisotopic (exact) mass is 313 g/mol. The number of hydrogen-bond acceptors (Lipinski definition) is 3. The highest BCUT2D eigenvalue weighted by molar-refractivity contribution is 7.80. The topological polar surface area (TPSA) is 38.3 Å². The summed E-state index contributed by atoms with van der Waals surface area (Å²) in [5, 5.41) is 2.67. The lowest BCUT2D eigenvalue weighted by Crippen LogP contribution is -2.28. The molecule has 2 aliphatic rings. The maximum Gasteiger partial charge on any atom is 0.407 e. The lowest BCUT2D eigenvalue weighted by Gasteiger charge is -2.25. The zero-order valence-electron chi connectivity index (χ0n) is 12.5. The number of amides is 1. The molecule has 0 fully saturated rings. The summed E-state index contributed by atoms with van der Waals surface area (Å²) in [5.41, 5.74) is 6.87. The van der Waals surface area contributed by atoms with Gasteiger partial charge in [0.25, 0.3) is 0 Å². The van der Waals surface area contributed by atoms with Crippen LogP contribution in [0.15, 0.2) is 53.8 Å². The summed E-state index contributed by atoms with van der Waals surface area (Å²) in [6.45, 7) is 3.03. The lowest BCUT2D eigenvalue weighted by atomic mass is 9.78. The third-order valence-corrected chi connectivity index (χ3v) is 4.55. The van der Waals surface area contributed by atoms with E-state index in [-0.39, 0.29) is 11.3 Å². The van der Waals surface area contributed by atoms with Gasteiger partial charge >= 0.3 is 6.09 Å². The van der Waals surface area contributed by atoms with Crippen molar-refractivity contribution in [1.82, 2.24) is 5.32 Å². The number of rotatable bonds is 4. The predicted molar refractivity (Wildman–Crippen MR) is 90.5 cm³/mol. The summed E-state index contributed by atoms with van der Waals surface area (Å²) in [4.78, 5) is 11.7. The van der Waals surface area contributed by atoms with Crippen molar-refractivity contribution in [2.75, 3.05) is 18.9 Å². The Kier molecular flexibility index (Phi) is 4.14. The second kappa shape index (κ2) is 6.07. The van der Waals surface area contributed by atoms with Gasteiger partial charge in [0.1, 0.15) is 6.61 Å². The van der Waals surface area contributed by atoms with Crippen molar-refractivity contribution in [2.45, 2.75) is 18.3 Å². The van der Waals surface area contributed by atoms with Crippen molar-refractivity contribution >= 4 is 18.7 Å². The number of ether oxygens (including phenoxy) is 1. The maximum atomic E-state index is 11.7. The SMILES string of the molecule is CC12C=CC=C=C1C(COC(=O)NCCS)c1ccccc12. The molecule has 0 aromatic heterocycles. The van der Waals surface area contributed by atoms with Crippen LogP contribution in [0.2, 0.25) is 0 Å². The maximum absolute atomic E-state index is 11.7. The van der Waals surface area contributed by atoms with Crippen LogP contribution in [-0.4, -0.2) is 25.0 Å². The first kappa shape index (κ1) is 15.0. The normalized spacial score (nSPS) is 24.5. The van der Waals surface area contributed by atoms with Gasteiger partial charge in [-0.1, -0.05) is 36.4 Å². The van der Waals surface area contributed by atoms with Crippen molar-refractivity contribution in [3.8, 4) is 0 Å². The van der Waals surface area contributed by atoms with Crippen LogP contribution in [0.4, 0.5) is 4.79 Å². The Bertz CT molecular complexity index is 688. The molecule has 4 heteroatoms. The van der Waals surface area contributed by atoms with Crippen LogP contribution in [0, 0.1) is 0 Å². The second-order valence-electron chi connectivity index (χ2n) is 5.67. The number of carbonyl (C=O) groups is 1. The average Bonchev–Trinajstić information content (AvgIpc) is 2.80. The molecule has 0 spiro atoms. The summed E-state index contributed by atoms with van der Waals surface area (Å²) in [6, 6.07) is 8.34. The highest BCUT2D eigenvalue weighted by atomic mass is 32.1. The van der Waals surface area contributed by atoms with E-state index in [2.05, 4.69) is 54.9 Å². The smallest absolute Gasteiger partial charge is 0.407 e. The molecule has 2 atom stereocenters. The fourth-order valence-electron chi connectivity index (χ4n) is 3.29. The number of thiol groups is 1. The first-order valence-corrected chi connectivity index (χ1v) is 8.06. The van der Waals surface area contributed by atoms with Crippen LogP contribution in [0.1, 0.15) is 24.0 Å². The third kappa shape index (κ3) is 2.49. The molecule has 3 rings (SSSR count). The molecule has 0 saturated heterocycles. The Morgan fingerprint density at radius 2 is 2.27 bits per heavy atom. The Labute approximate surface area is 136 Å². The van der Waals surface area contributed by atoms with Crippen molar-refractivity contribution < 1.29 is 9.53 Å². The molecule has 1 amide bonds. The van der Waals surface area contributed by atoms with Crippen LogP contribution < -0.4 is 5.32 Å². The van der Waals surface area contributed by atoms with Gasteiger partial charge in [0.2, 0.25) is 0 Å². The van der Waals surface area contributed by atoms with Gasteiger partial charge in [-0.15, -0.1) is 5.73 Å². The standard InChI is InChI=1S/C18H19NO2S/c1-18-9-5-4-8-16(18)14(12-21-17(20)19-10-11-22)13-6-2-3-7-15(13)18/h2-7,9,14,22H,10-12H2,1H3,(H,19,20). The number of alkyl carbamates (subject to hydrolysis) is 1. The number of fused-ring (bicyclic) bond motifs is 3. The largest absolute Gasteiger partial charge is 0.449 e. The van der Waals surface area contributed by atoms with E-state index in [1.54, 1.807) is 0 Å². The van der Waals surface area contributed by atoms with Gasteiger partial charge in [0, 0.05) is 23.6 Å². The molecular formula is C18H19NO2S. The Morgan fingerprint density at radius 3 is 3.09 bits per heavy atom. The minimum absolute atomic E-state index is 0.0594. The molecule has 114 valence electrons. The van der Waals surface area contributed by atoms with Crippen molar-refractivity contribution in [3.63, 3.8) is 0 Å². The molecule has 2 unspecified atom stereocenters. The second-order valence-corrected chi connectivity index (χ2v) is 6.12. The number of allylic oxidation sites excluding steroid dienone is 2. The summed E-state index contributed by atoms with van der Waals surface area (Å²) in [5.74, 6) is 0.655.